The van der Waals surface area contributed by atoms with Gasteiger partial charge in [0, 0.05) is 17.3 Å². The predicted molar refractivity (Wildman–Crippen MR) is 99.5 cm³/mol. The summed E-state index contributed by atoms with van der Waals surface area (Å²) in [5.41, 5.74) is 2.64. The number of carbonyl (C=O) groups is 2. The number of rotatable bonds is 5. The molecule has 0 spiro atoms. The largest absolute Gasteiger partial charge is 0.351 e. The standard InChI is InChI=1S/C20H21ClN2O2/c1-13-6-5-7-14(2)17(13)23-19(25)20(10-11-20)18(24)22-12-15-8-3-4-9-16(15)21/h3-9H,10-12H2,1-2H3,(H,22,24)(H,23,25). The average Bonchev–Trinajstić information content (AvgIpc) is 3.39. The van der Waals surface area contributed by atoms with Gasteiger partial charge >= 0.3 is 0 Å². The zero-order valence-electron chi connectivity index (χ0n) is 14.4. The van der Waals surface area contributed by atoms with E-state index in [1.165, 1.54) is 0 Å². The zero-order valence-corrected chi connectivity index (χ0v) is 15.1. The molecule has 25 heavy (non-hydrogen) atoms. The van der Waals surface area contributed by atoms with Crippen LogP contribution < -0.4 is 10.6 Å². The van der Waals surface area contributed by atoms with Crippen molar-refractivity contribution in [2.75, 3.05) is 5.32 Å². The minimum Gasteiger partial charge on any atom is -0.351 e. The van der Waals surface area contributed by atoms with E-state index in [1.54, 1.807) is 6.07 Å². The molecule has 1 aliphatic rings. The first kappa shape index (κ1) is 17.5. The lowest BCUT2D eigenvalue weighted by Gasteiger charge is -2.18. The van der Waals surface area contributed by atoms with Gasteiger partial charge < -0.3 is 10.6 Å². The summed E-state index contributed by atoms with van der Waals surface area (Å²) in [7, 11) is 0. The molecule has 1 fully saturated rings. The molecule has 2 amide bonds. The third-order valence-corrected chi connectivity index (χ3v) is 5.10. The fraction of sp³-hybridized carbons (Fsp3) is 0.300. The summed E-state index contributed by atoms with van der Waals surface area (Å²) in [6.45, 7) is 4.20. The van der Waals surface area contributed by atoms with Crippen molar-refractivity contribution in [1.82, 2.24) is 5.32 Å². The lowest BCUT2D eigenvalue weighted by Crippen LogP contribution is -2.39. The van der Waals surface area contributed by atoms with Gasteiger partial charge in [0.1, 0.15) is 5.41 Å². The number of halogens is 1. The summed E-state index contributed by atoms with van der Waals surface area (Å²) in [6.07, 6.45) is 1.14. The fourth-order valence-corrected chi connectivity index (χ4v) is 3.12. The number of carbonyl (C=O) groups excluding carboxylic acids is 2. The fourth-order valence-electron chi connectivity index (χ4n) is 2.91. The van der Waals surface area contributed by atoms with Crippen LogP contribution in [0.2, 0.25) is 5.02 Å². The summed E-state index contributed by atoms with van der Waals surface area (Å²) in [5, 5.41) is 6.40. The molecule has 2 N–H and O–H groups in total. The van der Waals surface area contributed by atoms with Crippen molar-refractivity contribution in [2.24, 2.45) is 5.41 Å². The number of hydrogen-bond donors (Lipinski definition) is 2. The van der Waals surface area contributed by atoms with Gasteiger partial charge in [-0.3, -0.25) is 9.59 Å². The molecule has 1 saturated carbocycles. The Morgan fingerprint density at radius 1 is 1.00 bits per heavy atom. The smallest absolute Gasteiger partial charge is 0.240 e. The van der Waals surface area contributed by atoms with E-state index in [2.05, 4.69) is 10.6 Å². The minimum absolute atomic E-state index is 0.235. The van der Waals surface area contributed by atoms with E-state index in [9.17, 15) is 9.59 Å². The first-order chi connectivity index (χ1) is 11.9. The first-order valence-corrected chi connectivity index (χ1v) is 8.71. The average molecular weight is 357 g/mol. The van der Waals surface area contributed by atoms with Crippen LogP contribution in [0, 0.1) is 19.3 Å². The maximum absolute atomic E-state index is 12.7. The monoisotopic (exact) mass is 356 g/mol. The number of anilines is 1. The summed E-state index contributed by atoms with van der Waals surface area (Å²) < 4.78 is 0. The van der Waals surface area contributed by atoms with Crippen molar-refractivity contribution in [3.05, 3.63) is 64.2 Å². The van der Waals surface area contributed by atoms with Gasteiger partial charge in [-0.1, -0.05) is 48.0 Å². The molecule has 1 aliphatic carbocycles. The number of para-hydroxylation sites is 1. The lowest BCUT2D eigenvalue weighted by molar-refractivity contribution is -0.134. The van der Waals surface area contributed by atoms with Gasteiger partial charge in [0.15, 0.2) is 0 Å². The van der Waals surface area contributed by atoms with Gasteiger partial charge in [-0.25, -0.2) is 0 Å². The molecule has 0 radical (unpaired) electrons. The molecular weight excluding hydrogens is 336 g/mol. The Morgan fingerprint density at radius 2 is 1.64 bits per heavy atom. The number of nitrogens with one attached hydrogen (secondary N) is 2. The summed E-state index contributed by atoms with van der Waals surface area (Å²) >= 11 is 6.11. The van der Waals surface area contributed by atoms with Crippen molar-refractivity contribution < 1.29 is 9.59 Å². The van der Waals surface area contributed by atoms with Crippen LogP contribution in [0.4, 0.5) is 5.69 Å². The molecule has 0 heterocycles. The maximum Gasteiger partial charge on any atom is 0.240 e. The van der Waals surface area contributed by atoms with E-state index in [-0.39, 0.29) is 11.8 Å². The molecule has 0 unspecified atom stereocenters. The molecule has 2 aromatic rings. The Bertz CT molecular complexity index is 808. The van der Waals surface area contributed by atoms with E-state index < -0.39 is 5.41 Å². The Labute approximate surface area is 152 Å². The summed E-state index contributed by atoms with van der Waals surface area (Å²) in [5.74, 6) is -0.474. The van der Waals surface area contributed by atoms with Gasteiger partial charge in [0.25, 0.3) is 0 Å². The quantitative estimate of drug-likeness (QED) is 0.796. The molecule has 130 valence electrons. The zero-order chi connectivity index (χ0) is 18.0. The van der Waals surface area contributed by atoms with Gasteiger partial charge in [-0.05, 0) is 49.4 Å². The van der Waals surface area contributed by atoms with E-state index in [0.29, 0.717) is 24.4 Å². The third-order valence-electron chi connectivity index (χ3n) is 4.74. The number of benzene rings is 2. The summed E-state index contributed by atoms with van der Waals surface area (Å²) in [4.78, 5) is 25.3. The predicted octanol–water partition coefficient (Wildman–Crippen LogP) is 3.99. The van der Waals surface area contributed by atoms with Crippen LogP contribution in [0.3, 0.4) is 0 Å². The number of hydrogen-bond acceptors (Lipinski definition) is 2. The highest BCUT2D eigenvalue weighted by Gasteiger charge is 2.56. The first-order valence-electron chi connectivity index (χ1n) is 8.33. The minimum atomic E-state index is -0.962. The molecule has 0 atom stereocenters. The van der Waals surface area contributed by atoms with Crippen LogP contribution in [0.1, 0.15) is 29.5 Å². The van der Waals surface area contributed by atoms with Gasteiger partial charge in [0.2, 0.25) is 11.8 Å². The van der Waals surface area contributed by atoms with Crippen LogP contribution in [-0.2, 0) is 16.1 Å². The lowest BCUT2D eigenvalue weighted by atomic mass is 10.0. The number of amides is 2. The molecule has 2 aromatic carbocycles. The molecule has 5 heteroatoms. The second-order valence-corrected chi connectivity index (χ2v) is 6.98. The molecule has 4 nitrogen and oxygen atoms in total. The van der Waals surface area contributed by atoms with Gasteiger partial charge in [-0.2, -0.15) is 0 Å². The van der Waals surface area contributed by atoms with Crippen LogP contribution >= 0.6 is 11.6 Å². The van der Waals surface area contributed by atoms with Crippen LogP contribution in [0.25, 0.3) is 0 Å². The van der Waals surface area contributed by atoms with E-state index in [1.807, 2.05) is 50.2 Å². The van der Waals surface area contributed by atoms with Crippen molar-refractivity contribution in [1.29, 1.82) is 0 Å². The normalized spacial score (nSPS) is 14.7. The topological polar surface area (TPSA) is 58.2 Å². The second-order valence-electron chi connectivity index (χ2n) is 6.58. The van der Waals surface area contributed by atoms with Crippen LogP contribution in [-0.4, -0.2) is 11.8 Å². The van der Waals surface area contributed by atoms with E-state index >= 15 is 0 Å². The Balaban J connectivity index is 1.68. The van der Waals surface area contributed by atoms with Gasteiger partial charge in [0.05, 0.1) is 0 Å². The van der Waals surface area contributed by atoms with Crippen molar-refractivity contribution in [3.8, 4) is 0 Å². The molecule has 0 saturated heterocycles. The summed E-state index contributed by atoms with van der Waals surface area (Å²) in [6, 6.07) is 13.2. The molecule has 0 aromatic heterocycles. The van der Waals surface area contributed by atoms with Crippen molar-refractivity contribution in [2.45, 2.75) is 33.2 Å². The molecule has 0 bridgehead atoms. The Hall–Kier alpha value is -2.33. The van der Waals surface area contributed by atoms with E-state index in [0.717, 1.165) is 22.4 Å². The van der Waals surface area contributed by atoms with Crippen molar-refractivity contribution in [3.63, 3.8) is 0 Å². The van der Waals surface area contributed by atoms with E-state index in [4.69, 9.17) is 11.6 Å². The van der Waals surface area contributed by atoms with Crippen LogP contribution in [0.5, 0.6) is 0 Å². The molecule has 0 aliphatic heterocycles. The molecular formula is C20H21ClN2O2. The maximum atomic E-state index is 12.7. The number of aryl methyl sites for hydroxylation is 2. The van der Waals surface area contributed by atoms with Gasteiger partial charge in [-0.15, -0.1) is 0 Å². The highest BCUT2D eigenvalue weighted by molar-refractivity contribution is 6.31. The Kier molecular flexibility index (Phi) is 4.82. The Morgan fingerprint density at radius 3 is 2.24 bits per heavy atom. The third kappa shape index (κ3) is 3.54. The highest BCUT2D eigenvalue weighted by atomic mass is 35.5. The molecule has 3 rings (SSSR count). The highest BCUT2D eigenvalue weighted by Crippen LogP contribution is 2.47. The van der Waals surface area contributed by atoms with Crippen LogP contribution in [0.15, 0.2) is 42.5 Å². The van der Waals surface area contributed by atoms with Crippen molar-refractivity contribution >= 4 is 29.1 Å². The second kappa shape index (κ2) is 6.89. The SMILES string of the molecule is Cc1cccc(C)c1NC(=O)C1(C(=O)NCc2ccccc2Cl)CC1.